The van der Waals surface area contributed by atoms with Gasteiger partial charge in [0.1, 0.15) is 24.5 Å². The molecule has 0 fully saturated rings. The van der Waals surface area contributed by atoms with Crippen molar-refractivity contribution in [3.8, 4) is 17.0 Å². The highest BCUT2D eigenvalue weighted by atomic mass is 19.4. The Morgan fingerprint density at radius 2 is 1.93 bits per heavy atom. The maximum absolute atomic E-state index is 13.7. The number of anilines is 1. The second kappa shape index (κ2) is 8.86. The van der Waals surface area contributed by atoms with Crippen molar-refractivity contribution in [2.45, 2.75) is 38.9 Å². The Balaban J connectivity index is 2.38. The summed E-state index contributed by atoms with van der Waals surface area (Å²) in [5.74, 6) is -0.0264. The number of nitrogens with two attached hydrogens (primary N) is 1. The molecule has 0 saturated carbocycles. The van der Waals surface area contributed by atoms with Crippen molar-refractivity contribution >= 4 is 11.9 Å². The molecule has 0 unspecified atom stereocenters. The van der Waals surface area contributed by atoms with E-state index in [0.29, 0.717) is 6.42 Å². The molecule has 1 atom stereocenters. The zero-order chi connectivity index (χ0) is 22.7. The van der Waals surface area contributed by atoms with Crippen molar-refractivity contribution in [1.29, 1.82) is 0 Å². The average Bonchev–Trinajstić information content (AvgIpc) is 2.64. The van der Waals surface area contributed by atoms with Crippen LogP contribution in [0.3, 0.4) is 0 Å². The fourth-order valence-electron chi connectivity index (χ4n) is 3.06. The van der Waals surface area contributed by atoms with Crippen molar-refractivity contribution in [2.24, 2.45) is 11.7 Å². The van der Waals surface area contributed by atoms with E-state index in [0.717, 1.165) is 17.3 Å². The number of nitrogens with zero attached hydrogens (tertiary/aromatic N) is 3. The number of aromatic nitrogens is 2. The van der Waals surface area contributed by atoms with Crippen LogP contribution in [-0.4, -0.2) is 40.4 Å². The molecule has 0 aliphatic rings. The van der Waals surface area contributed by atoms with Crippen LogP contribution in [0.25, 0.3) is 11.3 Å². The van der Waals surface area contributed by atoms with Crippen molar-refractivity contribution in [2.75, 3.05) is 18.6 Å². The summed E-state index contributed by atoms with van der Waals surface area (Å²) in [5.41, 5.74) is 4.69. The topological polar surface area (TPSA) is 102 Å². The molecule has 2 aromatic rings. The van der Waals surface area contributed by atoms with Crippen LogP contribution in [0.5, 0.6) is 5.75 Å². The molecule has 0 aliphatic heterocycles. The van der Waals surface area contributed by atoms with Crippen LogP contribution in [-0.2, 0) is 6.18 Å². The van der Waals surface area contributed by atoms with Gasteiger partial charge in [-0.3, -0.25) is 4.90 Å². The van der Waals surface area contributed by atoms with Gasteiger partial charge in [0.25, 0.3) is 0 Å². The Morgan fingerprint density at radius 1 is 1.27 bits per heavy atom. The highest BCUT2D eigenvalue weighted by Gasteiger charge is 2.35. The Kier molecular flexibility index (Phi) is 6.91. The van der Waals surface area contributed by atoms with Gasteiger partial charge in [0.2, 0.25) is 0 Å². The Bertz CT molecular complexity index is 901. The number of benzene rings is 1. The number of halogens is 3. The molecule has 2 rings (SSSR count). The van der Waals surface area contributed by atoms with Gasteiger partial charge >= 0.3 is 12.3 Å². The van der Waals surface area contributed by atoms with Crippen molar-refractivity contribution in [3.63, 3.8) is 0 Å². The molecular weight excluding hydrogens is 401 g/mol. The first-order chi connectivity index (χ1) is 13.8. The van der Waals surface area contributed by atoms with E-state index in [4.69, 9.17) is 15.6 Å². The first-order valence-electron chi connectivity index (χ1n) is 9.22. The second-order valence-electron chi connectivity index (χ2n) is 7.85. The van der Waals surface area contributed by atoms with Crippen LogP contribution in [0, 0.1) is 5.92 Å². The molecule has 164 valence electrons. The number of hydrogen-bond acceptors (Lipinski definition) is 5. The van der Waals surface area contributed by atoms with Crippen molar-refractivity contribution < 1.29 is 27.8 Å². The quantitative estimate of drug-likeness (QED) is 0.680. The van der Waals surface area contributed by atoms with Gasteiger partial charge in [0.05, 0.1) is 11.3 Å². The third kappa shape index (κ3) is 6.06. The van der Waals surface area contributed by atoms with Crippen LogP contribution in [0.4, 0.5) is 23.8 Å². The molecule has 0 bridgehead atoms. The van der Waals surface area contributed by atoms with Gasteiger partial charge < -0.3 is 15.6 Å². The van der Waals surface area contributed by atoms with Crippen LogP contribution in [0.2, 0.25) is 0 Å². The van der Waals surface area contributed by atoms with E-state index in [1.807, 2.05) is 13.8 Å². The third-order valence-electron chi connectivity index (χ3n) is 4.30. The summed E-state index contributed by atoms with van der Waals surface area (Å²) >= 11 is 0. The van der Waals surface area contributed by atoms with Crippen LogP contribution in [0.15, 0.2) is 30.6 Å². The summed E-state index contributed by atoms with van der Waals surface area (Å²) < 4.78 is 46.4. The fraction of sp³-hybridized carbons (Fsp3) is 0.450. The lowest BCUT2D eigenvalue weighted by molar-refractivity contribution is -0.139. The lowest BCUT2D eigenvalue weighted by Crippen LogP contribution is -2.43. The molecule has 0 saturated heterocycles. The smallest absolute Gasteiger partial charge is 0.419 e. The number of alkyl halides is 3. The maximum atomic E-state index is 13.7. The monoisotopic (exact) mass is 426 g/mol. The first kappa shape index (κ1) is 23.4. The minimum absolute atomic E-state index is 0.0361. The molecule has 0 aliphatic carbocycles. The number of hydrogen-bond donors (Lipinski definition) is 2. The first-order valence-corrected chi connectivity index (χ1v) is 9.22. The highest BCUT2D eigenvalue weighted by Crippen LogP contribution is 2.39. The van der Waals surface area contributed by atoms with Crippen molar-refractivity contribution in [3.05, 3.63) is 36.2 Å². The van der Waals surface area contributed by atoms with E-state index in [-0.39, 0.29) is 35.3 Å². The van der Waals surface area contributed by atoms with Gasteiger partial charge in [-0.15, -0.1) is 0 Å². The van der Waals surface area contributed by atoms with Crippen LogP contribution < -0.4 is 15.4 Å². The summed E-state index contributed by atoms with van der Waals surface area (Å²) in [7, 11) is 1.27. The molecule has 1 aromatic heterocycles. The van der Waals surface area contributed by atoms with Gasteiger partial charge in [-0.1, -0.05) is 13.8 Å². The molecule has 7 nitrogen and oxygen atoms in total. The zero-order valence-electron chi connectivity index (χ0n) is 17.2. The Hall–Kier alpha value is -2.88. The number of rotatable bonds is 7. The fourth-order valence-corrected chi connectivity index (χ4v) is 3.06. The standard InChI is InChI=1S/C20H25F3N4O3/c1-12(2)9-19(3,24)10-30-16-6-5-13(7-14(16)20(21,22)23)15-8-17(26-11-25-15)27(4)18(28)29/h5-8,11-12H,9-10,24H2,1-4H3,(H,28,29)/t19-/m0/s1. The predicted molar refractivity (Wildman–Crippen MR) is 106 cm³/mol. The predicted octanol–water partition coefficient (Wildman–Crippen LogP) is 4.42. The lowest BCUT2D eigenvalue weighted by Gasteiger charge is -2.27. The van der Waals surface area contributed by atoms with Gasteiger partial charge in [-0.25, -0.2) is 14.8 Å². The minimum Gasteiger partial charge on any atom is -0.491 e. The molecule has 10 heteroatoms. The number of carbonyl (C=O) groups is 1. The van der Waals surface area contributed by atoms with Crippen molar-refractivity contribution in [1.82, 2.24) is 9.97 Å². The summed E-state index contributed by atoms with van der Waals surface area (Å²) in [5, 5.41) is 9.05. The molecule has 1 aromatic carbocycles. The van der Waals surface area contributed by atoms with E-state index in [1.165, 1.54) is 25.2 Å². The molecule has 30 heavy (non-hydrogen) atoms. The molecular formula is C20H25F3N4O3. The summed E-state index contributed by atoms with van der Waals surface area (Å²) in [6, 6.07) is 4.85. The summed E-state index contributed by atoms with van der Waals surface area (Å²) in [4.78, 5) is 19.7. The molecule has 1 amide bonds. The lowest BCUT2D eigenvalue weighted by atomic mass is 9.93. The molecule has 0 radical (unpaired) electrons. The molecule has 3 N–H and O–H groups in total. The van der Waals surface area contributed by atoms with E-state index < -0.39 is 23.4 Å². The molecule has 1 heterocycles. The van der Waals surface area contributed by atoms with E-state index >= 15 is 0 Å². The van der Waals surface area contributed by atoms with Crippen LogP contribution in [0.1, 0.15) is 32.8 Å². The Morgan fingerprint density at radius 3 is 2.50 bits per heavy atom. The number of carboxylic acid groups (broad SMARTS) is 1. The van der Waals surface area contributed by atoms with Crippen LogP contribution >= 0.6 is 0 Å². The molecule has 0 spiro atoms. The normalized spacial score (nSPS) is 13.8. The minimum atomic E-state index is -4.66. The van der Waals surface area contributed by atoms with E-state index in [9.17, 15) is 18.0 Å². The number of ether oxygens (including phenoxy) is 1. The van der Waals surface area contributed by atoms with Gasteiger partial charge in [0.15, 0.2) is 0 Å². The largest absolute Gasteiger partial charge is 0.491 e. The van der Waals surface area contributed by atoms with Gasteiger partial charge in [-0.05, 0) is 37.5 Å². The van der Waals surface area contributed by atoms with E-state index in [1.54, 1.807) is 6.92 Å². The third-order valence-corrected chi connectivity index (χ3v) is 4.30. The average molecular weight is 426 g/mol. The Labute approximate surface area is 172 Å². The zero-order valence-corrected chi connectivity index (χ0v) is 17.2. The summed E-state index contributed by atoms with van der Waals surface area (Å²) in [6.45, 7) is 5.60. The van der Waals surface area contributed by atoms with Gasteiger partial charge in [0, 0.05) is 24.2 Å². The SMILES string of the molecule is CC(C)C[C@](C)(N)COc1ccc(-c2cc(N(C)C(=O)O)ncn2)cc1C(F)(F)F. The highest BCUT2D eigenvalue weighted by molar-refractivity contribution is 5.84. The maximum Gasteiger partial charge on any atom is 0.419 e. The van der Waals surface area contributed by atoms with E-state index in [2.05, 4.69) is 9.97 Å². The second-order valence-corrected chi connectivity index (χ2v) is 7.85. The summed E-state index contributed by atoms with van der Waals surface area (Å²) in [6.07, 6.45) is -4.24. The number of amides is 1. The van der Waals surface area contributed by atoms with Gasteiger partial charge in [-0.2, -0.15) is 13.2 Å².